The van der Waals surface area contributed by atoms with Gasteiger partial charge in [-0.2, -0.15) is 9.40 Å². The molecule has 0 aliphatic carbocycles. The number of amides is 1. The molecule has 0 radical (unpaired) electrons. The lowest BCUT2D eigenvalue weighted by Crippen LogP contribution is -2.37. The van der Waals surface area contributed by atoms with Crippen LogP contribution in [0.4, 0.5) is 4.39 Å². The Morgan fingerprint density at radius 3 is 2.44 bits per heavy atom. The average Bonchev–Trinajstić information content (AvgIpc) is 3.06. The number of aromatic nitrogens is 2. The van der Waals surface area contributed by atoms with E-state index in [4.69, 9.17) is 0 Å². The van der Waals surface area contributed by atoms with Gasteiger partial charge >= 0.3 is 0 Å². The van der Waals surface area contributed by atoms with E-state index in [1.54, 1.807) is 26.1 Å². The molecule has 2 heterocycles. The van der Waals surface area contributed by atoms with E-state index < -0.39 is 22.0 Å². The van der Waals surface area contributed by atoms with Crippen molar-refractivity contribution in [2.75, 3.05) is 13.1 Å². The second kappa shape index (κ2) is 7.77. The van der Waals surface area contributed by atoms with Crippen LogP contribution in [0.15, 0.2) is 35.5 Å². The lowest BCUT2D eigenvalue weighted by Gasteiger charge is -2.25. The number of carbonyl (C=O) groups excluding carboxylic acids is 1. The highest BCUT2D eigenvalue weighted by Crippen LogP contribution is 2.23. The van der Waals surface area contributed by atoms with E-state index in [2.05, 4.69) is 10.4 Å². The van der Waals surface area contributed by atoms with Crippen LogP contribution >= 0.6 is 0 Å². The number of benzene rings is 1. The lowest BCUT2D eigenvalue weighted by atomic mass is 10.1. The Bertz CT molecular complexity index is 919. The third-order valence-corrected chi connectivity index (χ3v) is 6.49. The first-order chi connectivity index (χ1) is 12.8. The molecule has 0 spiro atoms. The SMILES string of the molecule is C[C@@H](NC(=O)c1cn(C)nc1S(=O)(=O)N1CCCCC1)c1ccc(F)cc1. The standard InChI is InChI=1S/C18H23FN4O3S/c1-13(14-6-8-15(19)9-7-14)20-17(24)16-12-22(2)21-18(16)27(25,26)23-10-4-3-5-11-23/h6-9,12-13H,3-5,10-11H2,1-2H3,(H,20,24)/t13-/m1/s1. The predicted octanol–water partition coefficient (Wildman–Crippen LogP) is 2.22. The molecule has 1 aromatic heterocycles. The molecular weight excluding hydrogens is 371 g/mol. The zero-order valence-electron chi connectivity index (χ0n) is 15.4. The Kier molecular flexibility index (Phi) is 5.61. The van der Waals surface area contributed by atoms with Gasteiger partial charge in [0.2, 0.25) is 5.03 Å². The van der Waals surface area contributed by atoms with Crippen LogP contribution in [-0.2, 0) is 17.1 Å². The zero-order chi connectivity index (χ0) is 19.6. The number of nitrogens with zero attached hydrogens (tertiary/aromatic N) is 3. The normalized spacial score (nSPS) is 16.9. The van der Waals surface area contributed by atoms with Crippen LogP contribution < -0.4 is 5.32 Å². The fourth-order valence-corrected chi connectivity index (χ4v) is 4.79. The summed E-state index contributed by atoms with van der Waals surface area (Å²) in [6.45, 7) is 2.62. The molecule has 1 aliphatic rings. The molecule has 27 heavy (non-hydrogen) atoms. The summed E-state index contributed by atoms with van der Waals surface area (Å²) in [4.78, 5) is 12.7. The monoisotopic (exact) mass is 394 g/mol. The Morgan fingerprint density at radius 1 is 1.19 bits per heavy atom. The summed E-state index contributed by atoms with van der Waals surface area (Å²) in [5, 5.41) is 6.58. The molecule has 3 rings (SSSR count). The van der Waals surface area contributed by atoms with E-state index in [9.17, 15) is 17.6 Å². The van der Waals surface area contributed by atoms with E-state index in [0.717, 1.165) is 19.3 Å². The molecule has 7 nitrogen and oxygen atoms in total. The minimum absolute atomic E-state index is 0.0111. The van der Waals surface area contributed by atoms with Gasteiger partial charge in [0.15, 0.2) is 0 Å². The van der Waals surface area contributed by atoms with Crippen molar-refractivity contribution in [1.82, 2.24) is 19.4 Å². The zero-order valence-corrected chi connectivity index (χ0v) is 16.2. The summed E-state index contributed by atoms with van der Waals surface area (Å²) in [7, 11) is -2.25. The van der Waals surface area contributed by atoms with Gasteiger partial charge in [-0.25, -0.2) is 12.8 Å². The van der Waals surface area contributed by atoms with E-state index in [-0.39, 0.29) is 16.4 Å². The summed E-state index contributed by atoms with van der Waals surface area (Å²) in [6, 6.07) is 5.37. The van der Waals surface area contributed by atoms with E-state index in [0.29, 0.717) is 18.7 Å². The quantitative estimate of drug-likeness (QED) is 0.843. The second-order valence-electron chi connectivity index (χ2n) is 6.73. The number of sulfonamides is 1. The van der Waals surface area contributed by atoms with Crippen molar-refractivity contribution in [2.45, 2.75) is 37.3 Å². The molecule has 1 fully saturated rings. The first kappa shape index (κ1) is 19.5. The van der Waals surface area contributed by atoms with Crippen LogP contribution in [0.3, 0.4) is 0 Å². The molecular formula is C18H23FN4O3S. The highest BCUT2D eigenvalue weighted by atomic mass is 32.2. The molecule has 1 N–H and O–H groups in total. The third-order valence-electron chi connectivity index (χ3n) is 4.66. The summed E-state index contributed by atoms with van der Waals surface area (Å²) in [5.74, 6) is -0.894. The van der Waals surface area contributed by atoms with E-state index in [1.165, 1.54) is 27.3 Å². The van der Waals surface area contributed by atoms with Crippen LogP contribution in [0.1, 0.15) is 48.1 Å². The maximum Gasteiger partial charge on any atom is 0.263 e. The van der Waals surface area contributed by atoms with Crippen LogP contribution in [0.25, 0.3) is 0 Å². The van der Waals surface area contributed by atoms with Gasteiger partial charge < -0.3 is 5.32 Å². The number of hydrogen-bond donors (Lipinski definition) is 1. The molecule has 1 aromatic carbocycles. The highest BCUT2D eigenvalue weighted by Gasteiger charge is 2.33. The van der Waals surface area contributed by atoms with Crippen LogP contribution in [-0.4, -0.2) is 41.5 Å². The van der Waals surface area contributed by atoms with Gasteiger partial charge in [-0.1, -0.05) is 18.6 Å². The van der Waals surface area contributed by atoms with Crippen molar-refractivity contribution >= 4 is 15.9 Å². The Balaban J connectivity index is 1.84. The van der Waals surface area contributed by atoms with Crippen LogP contribution in [0.5, 0.6) is 0 Å². The van der Waals surface area contributed by atoms with Gasteiger partial charge in [-0.05, 0) is 37.5 Å². The minimum Gasteiger partial charge on any atom is -0.345 e. The highest BCUT2D eigenvalue weighted by molar-refractivity contribution is 7.89. The Hall–Kier alpha value is -2.26. The average molecular weight is 394 g/mol. The van der Waals surface area contributed by atoms with Crippen LogP contribution in [0.2, 0.25) is 0 Å². The largest absolute Gasteiger partial charge is 0.345 e. The van der Waals surface area contributed by atoms with Gasteiger partial charge in [0, 0.05) is 26.3 Å². The number of nitrogens with one attached hydrogen (secondary N) is 1. The third kappa shape index (κ3) is 4.19. The van der Waals surface area contributed by atoms with Gasteiger partial charge in [0.05, 0.1) is 11.6 Å². The summed E-state index contributed by atoms with van der Waals surface area (Å²) in [6.07, 6.45) is 4.00. The van der Waals surface area contributed by atoms with Gasteiger partial charge in [0.1, 0.15) is 5.82 Å². The summed E-state index contributed by atoms with van der Waals surface area (Å²) in [5.41, 5.74) is 0.728. The molecule has 1 saturated heterocycles. The molecule has 0 bridgehead atoms. The van der Waals surface area contributed by atoms with E-state index in [1.807, 2.05) is 0 Å². The van der Waals surface area contributed by atoms with Crippen molar-refractivity contribution in [3.05, 3.63) is 47.4 Å². The fraction of sp³-hybridized carbons (Fsp3) is 0.444. The number of hydrogen-bond acceptors (Lipinski definition) is 4. The lowest BCUT2D eigenvalue weighted by molar-refractivity contribution is 0.0936. The number of rotatable bonds is 5. The Labute approximate surface area is 158 Å². The molecule has 1 atom stereocenters. The number of carbonyl (C=O) groups is 1. The number of halogens is 1. The molecule has 0 unspecified atom stereocenters. The molecule has 9 heteroatoms. The molecule has 146 valence electrons. The van der Waals surface area contributed by atoms with Crippen molar-refractivity contribution < 1.29 is 17.6 Å². The second-order valence-corrected chi connectivity index (χ2v) is 8.59. The minimum atomic E-state index is -3.83. The van der Waals surface area contributed by atoms with Crippen molar-refractivity contribution in [2.24, 2.45) is 7.05 Å². The number of aryl methyl sites for hydroxylation is 1. The number of piperidine rings is 1. The van der Waals surface area contributed by atoms with Gasteiger partial charge in [-0.15, -0.1) is 0 Å². The first-order valence-corrected chi connectivity index (χ1v) is 10.3. The molecule has 2 aromatic rings. The molecule has 1 aliphatic heterocycles. The van der Waals surface area contributed by atoms with Crippen molar-refractivity contribution in [1.29, 1.82) is 0 Å². The van der Waals surface area contributed by atoms with Crippen LogP contribution in [0, 0.1) is 5.82 Å². The first-order valence-electron chi connectivity index (χ1n) is 8.89. The fourth-order valence-electron chi connectivity index (χ4n) is 3.15. The maximum atomic E-state index is 13.1. The summed E-state index contributed by atoms with van der Waals surface area (Å²) < 4.78 is 41.7. The smallest absolute Gasteiger partial charge is 0.263 e. The van der Waals surface area contributed by atoms with Crippen molar-refractivity contribution in [3.63, 3.8) is 0 Å². The van der Waals surface area contributed by atoms with Crippen molar-refractivity contribution in [3.8, 4) is 0 Å². The predicted molar refractivity (Wildman–Crippen MR) is 98.1 cm³/mol. The summed E-state index contributed by atoms with van der Waals surface area (Å²) >= 11 is 0. The van der Waals surface area contributed by atoms with Gasteiger partial charge in [0.25, 0.3) is 15.9 Å². The van der Waals surface area contributed by atoms with Gasteiger partial charge in [-0.3, -0.25) is 9.48 Å². The molecule has 0 saturated carbocycles. The van der Waals surface area contributed by atoms with E-state index >= 15 is 0 Å². The molecule has 1 amide bonds. The Morgan fingerprint density at radius 2 is 1.81 bits per heavy atom. The topological polar surface area (TPSA) is 84.3 Å². The maximum absolute atomic E-state index is 13.1.